The number of benzene rings is 2. The van der Waals surface area contributed by atoms with Gasteiger partial charge >= 0.3 is 18.3 Å². The molecule has 0 unspecified atom stereocenters. The highest BCUT2D eigenvalue weighted by atomic mass is 19.4. The predicted molar refractivity (Wildman–Crippen MR) is 91.1 cm³/mol. The molecule has 3 N–H and O–H groups in total. The van der Waals surface area contributed by atoms with Crippen molar-refractivity contribution in [2.24, 2.45) is 0 Å². The number of amides is 1. The van der Waals surface area contributed by atoms with Gasteiger partial charge in [-0.1, -0.05) is 24.3 Å². The first-order valence-electron chi connectivity index (χ1n) is 8.33. The Balaban J connectivity index is 2.08. The molecule has 30 heavy (non-hydrogen) atoms. The molecule has 0 aliphatic carbocycles. The normalized spacial score (nSPS) is 14.1. The number of rotatable bonds is 6. The minimum atomic E-state index is -4.61. The van der Waals surface area contributed by atoms with E-state index in [4.69, 9.17) is 0 Å². The van der Waals surface area contributed by atoms with Crippen LogP contribution in [0, 0.1) is 0 Å². The number of carbonyl (C=O) groups excluding carboxylic acids is 1. The molecule has 0 spiro atoms. The number of alkyl halides is 6. The Hall–Kier alpha value is -3.08. The van der Waals surface area contributed by atoms with Gasteiger partial charge in [0.05, 0.1) is 11.1 Å². The van der Waals surface area contributed by atoms with Gasteiger partial charge in [-0.3, -0.25) is 4.79 Å². The Morgan fingerprint density at radius 2 is 1.27 bits per heavy atom. The van der Waals surface area contributed by atoms with Crippen molar-refractivity contribution in [3.8, 4) is 0 Å². The van der Waals surface area contributed by atoms with Crippen molar-refractivity contribution >= 4 is 11.9 Å². The summed E-state index contributed by atoms with van der Waals surface area (Å²) in [5, 5.41) is 21.3. The van der Waals surface area contributed by atoms with Crippen LogP contribution in [0.3, 0.4) is 0 Å². The molecule has 0 heterocycles. The first kappa shape index (κ1) is 23.2. The molecule has 2 rings (SSSR count). The summed E-state index contributed by atoms with van der Waals surface area (Å²) in [5.41, 5.74) is -1.94. The van der Waals surface area contributed by atoms with Gasteiger partial charge < -0.3 is 15.5 Å². The minimum Gasteiger partial charge on any atom is -0.480 e. The predicted octanol–water partition coefficient (Wildman–Crippen LogP) is 3.57. The molecule has 162 valence electrons. The number of aliphatic hydroxyl groups is 1. The van der Waals surface area contributed by atoms with Crippen LogP contribution in [0.2, 0.25) is 0 Å². The molecule has 1 amide bonds. The average Bonchev–Trinajstić information content (AvgIpc) is 2.65. The van der Waals surface area contributed by atoms with E-state index < -0.39 is 47.5 Å². The van der Waals surface area contributed by atoms with Gasteiger partial charge in [-0.15, -0.1) is 0 Å². The number of hydrogen-bond acceptors (Lipinski definition) is 3. The van der Waals surface area contributed by atoms with E-state index in [9.17, 15) is 46.1 Å². The van der Waals surface area contributed by atoms with Crippen molar-refractivity contribution in [1.82, 2.24) is 5.32 Å². The van der Waals surface area contributed by atoms with Crippen LogP contribution in [0.5, 0.6) is 0 Å². The van der Waals surface area contributed by atoms with E-state index in [1.807, 2.05) is 5.32 Å². The van der Waals surface area contributed by atoms with Crippen LogP contribution < -0.4 is 5.32 Å². The SMILES string of the molecule is O=C(O)[C@@H](Cc1ccc(C(F)(F)F)cc1)NC(=O)[C@H](O)c1ccc(C(F)(F)F)cc1. The number of aliphatic carboxylic acids is 1. The van der Waals surface area contributed by atoms with E-state index >= 15 is 0 Å². The number of aliphatic hydroxyl groups excluding tert-OH is 1. The van der Waals surface area contributed by atoms with Crippen LogP contribution in [0.1, 0.15) is 28.4 Å². The summed E-state index contributed by atoms with van der Waals surface area (Å²) >= 11 is 0. The second-order valence-corrected chi connectivity index (χ2v) is 6.32. The molecule has 0 aromatic heterocycles. The fourth-order valence-corrected chi connectivity index (χ4v) is 2.52. The number of hydrogen-bond donors (Lipinski definition) is 3. The molecule has 2 aromatic carbocycles. The van der Waals surface area contributed by atoms with Gasteiger partial charge in [-0.2, -0.15) is 26.3 Å². The van der Waals surface area contributed by atoms with Gasteiger partial charge in [0.15, 0.2) is 6.10 Å². The van der Waals surface area contributed by atoms with Crippen LogP contribution in [-0.2, 0) is 28.4 Å². The zero-order valence-corrected chi connectivity index (χ0v) is 15.0. The van der Waals surface area contributed by atoms with Crippen LogP contribution >= 0.6 is 0 Å². The molecule has 0 bridgehead atoms. The van der Waals surface area contributed by atoms with Crippen LogP contribution in [-0.4, -0.2) is 28.1 Å². The van der Waals surface area contributed by atoms with Gasteiger partial charge in [0, 0.05) is 6.42 Å². The van der Waals surface area contributed by atoms with Gasteiger partial charge in [0.25, 0.3) is 5.91 Å². The van der Waals surface area contributed by atoms with E-state index in [-0.39, 0.29) is 17.5 Å². The second kappa shape index (κ2) is 8.74. The monoisotopic (exact) mass is 435 g/mol. The number of carbonyl (C=O) groups is 2. The maximum absolute atomic E-state index is 12.6. The van der Waals surface area contributed by atoms with Gasteiger partial charge in [0.2, 0.25) is 0 Å². The maximum Gasteiger partial charge on any atom is 0.416 e. The third kappa shape index (κ3) is 5.96. The Bertz CT molecular complexity index is 891. The largest absolute Gasteiger partial charge is 0.480 e. The number of carboxylic acid groups (broad SMARTS) is 1. The van der Waals surface area contributed by atoms with Gasteiger partial charge in [-0.25, -0.2) is 4.79 Å². The zero-order valence-electron chi connectivity index (χ0n) is 15.0. The van der Waals surface area contributed by atoms with Crippen molar-refractivity contribution in [3.05, 3.63) is 70.8 Å². The van der Waals surface area contributed by atoms with E-state index in [1.54, 1.807) is 0 Å². The molecule has 0 aliphatic heterocycles. The fourth-order valence-electron chi connectivity index (χ4n) is 2.52. The molecular formula is C19H15F6NO4. The summed E-state index contributed by atoms with van der Waals surface area (Å²) < 4.78 is 75.4. The van der Waals surface area contributed by atoms with Crippen molar-refractivity contribution < 1.29 is 46.1 Å². The van der Waals surface area contributed by atoms with Crippen LogP contribution in [0.25, 0.3) is 0 Å². The smallest absolute Gasteiger partial charge is 0.416 e. The van der Waals surface area contributed by atoms with Crippen LogP contribution in [0.15, 0.2) is 48.5 Å². The van der Waals surface area contributed by atoms with Crippen molar-refractivity contribution in [2.45, 2.75) is 30.9 Å². The summed E-state index contributed by atoms with van der Waals surface area (Å²) in [6, 6.07) is 5.09. The molecule has 2 aromatic rings. The highest BCUT2D eigenvalue weighted by Gasteiger charge is 2.32. The lowest BCUT2D eigenvalue weighted by Crippen LogP contribution is -2.44. The third-order valence-electron chi connectivity index (χ3n) is 4.14. The molecule has 0 saturated heterocycles. The summed E-state index contributed by atoms with van der Waals surface area (Å²) in [6.07, 6.45) is -11.5. The Morgan fingerprint density at radius 1 is 0.833 bits per heavy atom. The fraction of sp³-hybridized carbons (Fsp3) is 0.263. The lowest BCUT2D eigenvalue weighted by molar-refractivity contribution is -0.143. The summed E-state index contributed by atoms with van der Waals surface area (Å²) in [4.78, 5) is 23.5. The van der Waals surface area contributed by atoms with Crippen molar-refractivity contribution in [2.75, 3.05) is 0 Å². The van der Waals surface area contributed by atoms with Gasteiger partial charge in [0.1, 0.15) is 6.04 Å². The highest BCUT2D eigenvalue weighted by molar-refractivity contribution is 5.87. The molecule has 5 nitrogen and oxygen atoms in total. The number of carboxylic acids is 1. The summed E-state index contributed by atoms with van der Waals surface area (Å²) in [5.74, 6) is -2.70. The maximum atomic E-state index is 12.6. The van der Waals surface area contributed by atoms with E-state index in [0.717, 1.165) is 36.4 Å². The lowest BCUT2D eigenvalue weighted by atomic mass is 10.0. The summed E-state index contributed by atoms with van der Waals surface area (Å²) in [6.45, 7) is 0. The third-order valence-corrected chi connectivity index (χ3v) is 4.14. The number of nitrogens with one attached hydrogen (secondary N) is 1. The second-order valence-electron chi connectivity index (χ2n) is 6.32. The van der Waals surface area contributed by atoms with Crippen molar-refractivity contribution in [3.63, 3.8) is 0 Å². The minimum absolute atomic E-state index is 0.180. The first-order valence-corrected chi connectivity index (χ1v) is 8.33. The zero-order chi connectivity index (χ0) is 22.7. The standard InChI is InChI=1S/C19H15F6NO4/c20-18(21,22)12-5-1-10(2-6-12)9-14(17(29)30)26-16(28)15(27)11-3-7-13(8-4-11)19(23,24)25/h1-8,14-15,27H,9H2,(H,26,28)(H,29,30)/t14-,15-/m1/s1. The van der Waals surface area contributed by atoms with Crippen LogP contribution in [0.4, 0.5) is 26.3 Å². The van der Waals surface area contributed by atoms with Crippen molar-refractivity contribution in [1.29, 1.82) is 0 Å². The molecule has 2 atom stereocenters. The molecule has 0 saturated carbocycles. The Morgan fingerprint density at radius 3 is 1.67 bits per heavy atom. The molecular weight excluding hydrogens is 420 g/mol. The van der Waals surface area contributed by atoms with E-state index in [0.29, 0.717) is 12.1 Å². The van der Waals surface area contributed by atoms with E-state index in [1.165, 1.54) is 0 Å². The lowest BCUT2D eigenvalue weighted by Gasteiger charge is -2.18. The topological polar surface area (TPSA) is 86.6 Å². The highest BCUT2D eigenvalue weighted by Crippen LogP contribution is 2.30. The Kier molecular flexibility index (Phi) is 6.76. The molecule has 0 aliphatic rings. The molecule has 11 heteroatoms. The summed E-state index contributed by atoms with van der Waals surface area (Å²) in [7, 11) is 0. The quantitative estimate of drug-likeness (QED) is 0.606. The molecule has 0 fully saturated rings. The van der Waals surface area contributed by atoms with E-state index in [2.05, 4.69) is 0 Å². The first-order chi connectivity index (χ1) is 13.8. The number of halogens is 6. The van der Waals surface area contributed by atoms with Gasteiger partial charge in [-0.05, 0) is 35.4 Å². The average molecular weight is 435 g/mol. The Labute approximate surface area is 165 Å². The molecule has 0 radical (unpaired) electrons.